The van der Waals surface area contributed by atoms with Gasteiger partial charge >= 0.3 is 0 Å². The molecule has 2 N–H and O–H groups in total. The highest BCUT2D eigenvalue weighted by atomic mass is 32.1. The lowest BCUT2D eigenvalue weighted by Crippen LogP contribution is -2.35. The molecule has 144 valence electrons. The van der Waals surface area contributed by atoms with Crippen LogP contribution in [0.4, 0.5) is 5.69 Å². The molecule has 0 spiro atoms. The lowest BCUT2D eigenvalue weighted by atomic mass is 10.1. The number of ether oxygens (including phenoxy) is 1. The van der Waals surface area contributed by atoms with Gasteiger partial charge in [0.2, 0.25) is 11.8 Å². The molecule has 2 aromatic carbocycles. The standard InChI is InChI=1S/C21H17N5O2S/c27-19(14-15-4-2-1-3-5-15)24-21(29)23-16-6-8-17(9-7-16)28-20-11-10-18-22-12-13-26(18)25-20/h1-13H,14H2,(H2,23,24,27,29). The van der Waals surface area contributed by atoms with Gasteiger partial charge in [-0.05, 0) is 48.1 Å². The number of hydrogen-bond acceptors (Lipinski definition) is 5. The van der Waals surface area contributed by atoms with Crippen molar-refractivity contribution in [1.29, 1.82) is 0 Å². The molecule has 0 bridgehead atoms. The zero-order chi connectivity index (χ0) is 20.1. The smallest absolute Gasteiger partial charge is 0.237 e. The summed E-state index contributed by atoms with van der Waals surface area (Å²) in [5, 5.41) is 10.2. The maximum atomic E-state index is 12.1. The van der Waals surface area contributed by atoms with E-state index in [1.54, 1.807) is 47.2 Å². The highest BCUT2D eigenvalue weighted by molar-refractivity contribution is 7.80. The Morgan fingerprint density at radius 3 is 2.62 bits per heavy atom. The van der Waals surface area contributed by atoms with Crippen LogP contribution in [0.25, 0.3) is 5.65 Å². The summed E-state index contributed by atoms with van der Waals surface area (Å²) in [7, 11) is 0. The van der Waals surface area contributed by atoms with Crippen LogP contribution in [0.15, 0.2) is 79.1 Å². The molecule has 0 saturated heterocycles. The third-order valence-corrected chi connectivity index (χ3v) is 4.23. The van der Waals surface area contributed by atoms with E-state index in [1.165, 1.54) is 0 Å². The van der Waals surface area contributed by atoms with Gasteiger partial charge in [0.15, 0.2) is 10.8 Å². The second kappa shape index (κ2) is 8.49. The van der Waals surface area contributed by atoms with Crippen molar-refractivity contribution in [1.82, 2.24) is 19.9 Å². The molecule has 4 rings (SSSR count). The van der Waals surface area contributed by atoms with Crippen molar-refractivity contribution in [2.24, 2.45) is 0 Å². The number of carbonyl (C=O) groups excluding carboxylic acids is 1. The first-order chi connectivity index (χ1) is 14.2. The number of fused-ring (bicyclic) bond motifs is 1. The van der Waals surface area contributed by atoms with Gasteiger partial charge in [-0.1, -0.05) is 30.3 Å². The average Bonchev–Trinajstić information content (AvgIpc) is 3.18. The van der Waals surface area contributed by atoms with Gasteiger partial charge in [-0.25, -0.2) is 9.50 Å². The van der Waals surface area contributed by atoms with Crippen molar-refractivity contribution < 1.29 is 9.53 Å². The molecule has 0 fully saturated rings. The molecular formula is C21H17N5O2S. The van der Waals surface area contributed by atoms with Crippen LogP contribution in [0.5, 0.6) is 11.6 Å². The predicted octanol–water partition coefficient (Wildman–Crippen LogP) is 3.58. The SMILES string of the molecule is O=C(Cc1ccccc1)NC(=S)Nc1ccc(Oc2ccc3nccn3n2)cc1. The summed E-state index contributed by atoms with van der Waals surface area (Å²) in [6.45, 7) is 0. The van der Waals surface area contributed by atoms with Crippen LogP contribution >= 0.6 is 12.2 Å². The molecule has 0 aliphatic carbocycles. The fourth-order valence-electron chi connectivity index (χ4n) is 2.69. The third kappa shape index (κ3) is 4.94. The molecule has 1 amide bonds. The van der Waals surface area contributed by atoms with Gasteiger partial charge in [0.25, 0.3) is 0 Å². The van der Waals surface area contributed by atoms with Crippen molar-refractivity contribution in [2.45, 2.75) is 6.42 Å². The van der Waals surface area contributed by atoms with Gasteiger partial charge in [0.05, 0.1) is 6.42 Å². The molecule has 8 heteroatoms. The molecular weight excluding hydrogens is 386 g/mol. The minimum absolute atomic E-state index is 0.172. The fourth-order valence-corrected chi connectivity index (χ4v) is 2.93. The van der Waals surface area contributed by atoms with Crippen molar-refractivity contribution in [3.8, 4) is 11.6 Å². The van der Waals surface area contributed by atoms with Gasteiger partial charge < -0.3 is 15.4 Å². The zero-order valence-corrected chi connectivity index (χ0v) is 16.1. The summed E-state index contributed by atoms with van der Waals surface area (Å²) in [6, 6.07) is 20.3. The molecule has 0 unspecified atom stereocenters. The van der Waals surface area contributed by atoms with Crippen LogP contribution < -0.4 is 15.4 Å². The van der Waals surface area contributed by atoms with Gasteiger partial charge in [-0.2, -0.15) is 0 Å². The highest BCUT2D eigenvalue weighted by Crippen LogP contribution is 2.21. The van der Waals surface area contributed by atoms with E-state index in [4.69, 9.17) is 17.0 Å². The molecule has 7 nitrogen and oxygen atoms in total. The number of carbonyl (C=O) groups is 1. The molecule has 2 aromatic heterocycles. The minimum Gasteiger partial charge on any atom is -0.438 e. The summed E-state index contributed by atoms with van der Waals surface area (Å²) in [4.78, 5) is 16.2. The number of aromatic nitrogens is 3. The molecule has 0 atom stereocenters. The summed E-state index contributed by atoms with van der Waals surface area (Å²) in [5.41, 5.74) is 2.41. The Labute approximate surface area is 172 Å². The van der Waals surface area contributed by atoms with Crippen molar-refractivity contribution >= 4 is 34.6 Å². The van der Waals surface area contributed by atoms with Crippen LogP contribution in [0.1, 0.15) is 5.56 Å². The maximum absolute atomic E-state index is 12.1. The van der Waals surface area contributed by atoms with Crippen molar-refractivity contribution in [3.05, 3.63) is 84.7 Å². The quantitative estimate of drug-likeness (QED) is 0.496. The van der Waals surface area contributed by atoms with Crippen LogP contribution in [-0.4, -0.2) is 25.6 Å². The molecule has 2 heterocycles. The number of nitrogens with zero attached hydrogens (tertiary/aromatic N) is 3. The number of benzene rings is 2. The molecule has 0 saturated carbocycles. The average molecular weight is 403 g/mol. The summed E-state index contributed by atoms with van der Waals surface area (Å²) >= 11 is 5.21. The van der Waals surface area contributed by atoms with E-state index in [1.807, 2.05) is 36.4 Å². The van der Waals surface area contributed by atoms with Crippen LogP contribution in [0.3, 0.4) is 0 Å². The molecule has 0 aliphatic heterocycles. The normalized spacial score (nSPS) is 10.5. The zero-order valence-electron chi connectivity index (χ0n) is 15.3. The van der Waals surface area contributed by atoms with Crippen LogP contribution in [0, 0.1) is 0 Å². The molecule has 0 radical (unpaired) electrons. The molecule has 0 aliphatic rings. The van der Waals surface area contributed by atoms with E-state index in [2.05, 4.69) is 20.7 Å². The largest absolute Gasteiger partial charge is 0.438 e. The van der Waals surface area contributed by atoms with Gasteiger partial charge in [-0.3, -0.25) is 4.79 Å². The summed E-state index contributed by atoms with van der Waals surface area (Å²) in [5.74, 6) is 0.913. The monoisotopic (exact) mass is 403 g/mol. The van der Waals surface area contributed by atoms with Gasteiger partial charge in [-0.15, -0.1) is 5.10 Å². The minimum atomic E-state index is -0.172. The third-order valence-electron chi connectivity index (χ3n) is 4.03. The van der Waals surface area contributed by atoms with E-state index < -0.39 is 0 Å². The Morgan fingerprint density at radius 2 is 1.83 bits per heavy atom. The highest BCUT2D eigenvalue weighted by Gasteiger charge is 2.07. The Hall–Kier alpha value is -3.78. The molecule has 4 aromatic rings. The number of thiocarbonyl (C=S) groups is 1. The van der Waals surface area contributed by atoms with Crippen LogP contribution in [0.2, 0.25) is 0 Å². The first kappa shape index (κ1) is 18.6. The van der Waals surface area contributed by atoms with Crippen molar-refractivity contribution in [3.63, 3.8) is 0 Å². The lowest BCUT2D eigenvalue weighted by Gasteiger charge is -2.10. The first-order valence-electron chi connectivity index (χ1n) is 8.89. The topological polar surface area (TPSA) is 80.5 Å². The van der Waals surface area contributed by atoms with E-state index in [0.29, 0.717) is 11.6 Å². The predicted molar refractivity (Wildman–Crippen MR) is 114 cm³/mol. The van der Waals surface area contributed by atoms with Crippen molar-refractivity contribution in [2.75, 3.05) is 5.32 Å². The number of rotatable bonds is 5. The number of hydrogen-bond donors (Lipinski definition) is 2. The lowest BCUT2D eigenvalue weighted by molar-refractivity contribution is -0.119. The van der Waals surface area contributed by atoms with E-state index >= 15 is 0 Å². The summed E-state index contributed by atoms with van der Waals surface area (Å²) in [6.07, 6.45) is 3.69. The summed E-state index contributed by atoms with van der Waals surface area (Å²) < 4.78 is 7.40. The van der Waals surface area contributed by atoms with E-state index in [-0.39, 0.29) is 17.4 Å². The van der Waals surface area contributed by atoms with Gasteiger partial charge in [0, 0.05) is 24.1 Å². The Balaban J connectivity index is 1.31. The fraction of sp³-hybridized carbons (Fsp3) is 0.0476. The Morgan fingerprint density at radius 1 is 1.03 bits per heavy atom. The number of amides is 1. The Bertz CT molecular complexity index is 1140. The second-order valence-electron chi connectivity index (χ2n) is 6.19. The van der Waals surface area contributed by atoms with E-state index in [0.717, 1.165) is 16.9 Å². The van der Waals surface area contributed by atoms with E-state index in [9.17, 15) is 4.79 Å². The maximum Gasteiger partial charge on any atom is 0.237 e. The van der Waals surface area contributed by atoms with Crippen LogP contribution in [-0.2, 0) is 11.2 Å². The first-order valence-corrected chi connectivity index (χ1v) is 9.30. The van der Waals surface area contributed by atoms with Gasteiger partial charge in [0.1, 0.15) is 5.75 Å². The molecule has 29 heavy (non-hydrogen) atoms. The Kier molecular flexibility index (Phi) is 5.44. The number of nitrogens with one attached hydrogen (secondary N) is 2. The number of anilines is 1. The second-order valence-corrected chi connectivity index (χ2v) is 6.60. The number of imidazole rings is 1.